The largest absolute Gasteiger partial charge is 0.484 e. The van der Waals surface area contributed by atoms with Crippen molar-refractivity contribution in [3.05, 3.63) is 24.3 Å². The van der Waals surface area contributed by atoms with Crippen molar-refractivity contribution in [2.24, 2.45) is 0 Å². The van der Waals surface area contributed by atoms with Crippen molar-refractivity contribution in [2.75, 3.05) is 19.7 Å². The van der Waals surface area contributed by atoms with E-state index in [-0.39, 0.29) is 23.5 Å². The van der Waals surface area contributed by atoms with Gasteiger partial charge in [-0.2, -0.15) is 0 Å². The molecule has 0 aromatic heterocycles. The van der Waals surface area contributed by atoms with Crippen LogP contribution in [0.4, 0.5) is 0 Å². The second-order valence-electron chi connectivity index (χ2n) is 5.98. The van der Waals surface area contributed by atoms with Crippen molar-refractivity contribution in [1.82, 2.24) is 9.62 Å². The number of carbonyl (C=O) groups excluding carboxylic acids is 1. The topological polar surface area (TPSA) is 75.7 Å². The number of carbonyl (C=O) groups is 1. The number of nitrogens with one attached hydrogen (secondary N) is 1. The molecule has 1 aliphatic rings. The fraction of sp³-hybridized carbons (Fsp3) is 0.562. The average Bonchev–Trinajstić information content (AvgIpc) is 2.52. The molecular weight excluding hydrogens is 316 g/mol. The summed E-state index contributed by atoms with van der Waals surface area (Å²) in [6.45, 7) is 5.10. The van der Waals surface area contributed by atoms with Crippen molar-refractivity contribution >= 4 is 15.9 Å². The Hall–Kier alpha value is -1.60. The van der Waals surface area contributed by atoms with Crippen molar-refractivity contribution in [2.45, 2.75) is 44.0 Å². The van der Waals surface area contributed by atoms with Crippen molar-refractivity contribution in [3.63, 3.8) is 0 Å². The number of hydrogen-bond acceptors (Lipinski definition) is 4. The quantitative estimate of drug-likeness (QED) is 0.856. The Morgan fingerprint density at radius 1 is 1.17 bits per heavy atom. The third kappa shape index (κ3) is 5.21. The second-order valence-corrected chi connectivity index (χ2v) is 7.69. The number of ether oxygens (including phenoxy) is 1. The SMILES string of the molecule is CC(C)NS(=O)(=O)c1ccc(OCC(=O)N2CCCCC2)cc1. The normalized spacial score (nSPS) is 15.7. The van der Waals surface area contributed by atoms with Crippen molar-refractivity contribution in [1.29, 1.82) is 0 Å². The smallest absolute Gasteiger partial charge is 0.260 e. The molecule has 1 amide bonds. The van der Waals surface area contributed by atoms with Gasteiger partial charge in [-0.1, -0.05) is 0 Å². The van der Waals surface area contributed by atoms with Gasteiger partial charge in [0.2, 0.25) is 10.0 Å². The van der Waals surface area contributed by atoms with Gasteiger partial charge in [-0.05, 0) is 57.4 Å². The van der Waals surface area contributed by atoms with Gasteiger partial charge in [0.25, 0.3) is 5.91 Å². The van der Waals surface area contributed by atoms with E-state index in [0.29, 0.717) is 5.75 Å². The molecule has 0 aliphatic carbocycles. The molecule has 0 unspecified atom stereocenters. The van der Waals surface area contributed by atoms with E-state index >= 15 is 0 Å². The van der Waals surface area contributed by atoms with Crippen LogP contribution in [-0.2, 0) is 14.8 Å². The summed E-state index contributed by atoms with van der Waals surface area (Å²) in [6.07, 6.45) is 3.26. The maximum absolute atomic E-state index is 12.0. The molecule has 23 heavy (non-hydrogen) atoms. The van der Waals surface area contributed by atoms with Crippen LogP contribution in [0.1, 0.15) is 33.1 Å². The first-order valence-corrected chi connectivity index (χ1v) is 9.40. The van der Waals surface area contributed by atoms with E-state index in [9.17, 15) is 13.2 Å². The summed E-state index contributed by atoms with van der Waals surface area (Å²) >= 11 is 0. The van der Waals surface area contributed by atoms with Crippen molar-refractivity contribution in [3.8, 4) is 5.75 Å². The molecule has 1 heterocycles. The van der Waals surface area contributed by atoms with Gasteiger partial charge in [0.1, 0.15) is 5.75 Å². The number of amides is 1. The van der Waals surface area contributed by atoms with E-state index in [1.807, 2.05) is 4.90 Å². The van der Waals surface area contributed by atoms with Crippen LogP contribution in [0.15, 0.2) is 29.2 Å². The Balaban J connectivity index is 1.91. The first-order chi connectivity index (χ1) is 10.9. The first-order valence-electron chi connectivity index (χ1n) is 7.91. The Bertz CT molecular complexity index is 620. The zero-order valence-electron chi connectivity index (χ0n) is 13.6. The molecule has 1 N–H and O–H groups in total. The van der Waals surface area contributed by atoms with E-state index in [4.69, 9.17) is 4.74 Å². The lowest BCUT2D eigenvalue weighted by Crippen LogP contribution is -2.38. The lowest BCUT2D eigenvalue weighted by molar-refractivity contribution is -0.134. The third-order valence-electron chi connectivity index (χ3n) is 3.60. The summed E-state index contributed by atoms with van der Waals surface area (Å²) in [7, 11) is -3.51. The summed E-state index contributed by atoms with van der Waals surface area (Å²) < 4.78 is 32.0. The number of piperidine rings is 1. The van der Waals surface area contributed by atoms with Gasteiger partial charge in [0.15, 0.2) is 6.61 Å². The van der Waals surface area contributed by atoms with Crippen LogP contribution < -0.4 is 9.46 Å². The van der Waals surface area contributed by atoms with Gasteiger partial charge < -0.3 is 9.64 Å². The summed E-state index contributed by atoms with van der Waals surface area (Å²) in [6, 6.07) is 5.92. The molecule has 1 saturated heterocycles. The second kappa shape index (κ2) is 7.79. The molecule has 1 aromatic rings. The number of sulfonamides is 1. The van der Waals surface area contributed by atoms with Crippen LogP contribution in [0, 0.1) is 0 Å². The number of hydrogen-bond donors (Lipinski definition) is 1. The van der Waals surface area contributed by atoms with E-state index in [1.165, 1.54) is 18.6 Å². The molecule has 0 radical (unpaired) electrons. The number of rotatable bonds is 6. The monoisotopic (exact) mass is 340 g/mol. The summed E-state index contributed by atoms with van der Waals surface area (Å²) in [5, 5.41) is 0. The molecule has 128 valence electrons. The van der Waals surface area contributed by atoms with Crippen LogP contribution in [0.25, 0.3) is 0 Å². The molecule has 2 rings (SSSR count). The fourth-order valence-electron chi connectivity index (χ4n) is 2.47. The van der Waals surface area contributed by atoms with Gasteiger partial charge in [-0.15, -0.1) is 0 Å². The fourth-order valence-corrected chi connectivity index (χ4v) is 3.72. The van der Waals surface area contributed by atoms with Crippen LogP contribution in [0.3, 0.4) is 0 Å². The number of benzene rings is 1. The molecule has 1 aliphatic heterocycles. The predicted octanol–water partition coefficient (Wildman–Crippen LogP) is 1.76. The minimum Gasteiger partial charge on any atom is -0.484 e. The van der Waals surface area contributed by atoms with Gasteiger partial charge in [0, 0.05) is 19.1 Å². The number of nitrogens with zero attached hydrogens (tertiary/aromatic N) is 1. The average molecular weight is 340 g/mol. The van der Waals surface area contributed by atoms with Crippen LogP contribution in [-0.4, -0.2) is 45.0 Å². The Labute approximate surface area is 137 Å². The molecule has 1 fully saturated rings. The van der Waals surface area contributed by atoms with E-state index in [0.717, 1.165) is 25.9 Å². The summed E-state index contributed by atoms with van der Waals surface area (Å²) in [4.78, 5) is 14.0. The summed E-state index contributed by atoms with van der Waals surface area (Å²) in [5.74, 6) is 0.460. The summed E-state index contributed by atoms with van der Waals surface area (Å²) in [5.41, 5.74) is 0. The highest BCUT2D eigenvalue weighted by molar-refractivity contribution is 7.89. The van der Waals surface area contributed by atoms with E-state index < -0.39 is 10.0 Å². The lowest BCUT2D eigenvalue weighted by Gasteiger charge is -2.26. The number of likely N-dealkylation sites (tertiary alicyclic amines) is 1. The van der Waals surface area contributed by atoms with E-state index in [1.54, 1.807) is 26.0 Å². The highest BCUT2D eigenvalue weighted by atomic mass is 32.2. The molecule has 0 saturated carbocycles. The standard InChI is InChI=1S/C16H24N2O4S/c1-13(2)17-23(20,21)15-8-6-14(7-9-15)22-12-16(19)18-10-4-3-5-11-18/h6-9,13,17H,3-5,10-12H2,1-2H3. The van der Waals surface area contributed by atoms with Crippen LogP contribution in [0.2, 0.25) is 0 Å². The Morgan fingerprint density at radius 3 is 2.35 bits per heavy atom. The zero-order chi connectivity index (χ0) is 16.9. The zero-order valence-corrected chi connectivity index (χ0v) is 14.4. The molecule has 0 atom stereocenters. The highest BCUT2D eigenvalue weighted by Gasteiger charge is 2.18. The molecule has 7 heteroatoms. The molecule has 0 bridgehead atoms. The minimum atomic E-state index is -3.51. The maximum atomic E-state index is 12.0. The van der Waals surface area contributed by atoms with Crippen LogP contribution >= 0.6 is 0 Å². The van der Waals surface area contributed by atoms with E-state index in [2.05, 4.69) is 4.72 Å². The highest BCUT2D eigenvalue weighted by Crippen LogP contribution is 2.17. The molecule has 1 aromatic carbocycles. The predicted molar refractivity (Wildman–Crippen MR) is 87.8 cm³/mol. The van der Waals surface area contributed by atoms with Gasteiger partial charge >= 0.3 is 0 Å². The van der Waals surface area contributed by atoms with Gasteiger partial charge in [-0.3, -0.25) is 4.79 Å². The molecule has 0 spiro atoms. The third-order valence-corrected chi connectivity index (χ3v) is 5.27. The Kier molecular flexibility index (Phi) is 6.01. The van der Waals surface area contributed by atoms with Crippen LogP contribution in [0.5, 0.6) is 5.75 Å². The molecule has 6 nitrogen and oxygen atoms in total. The molecular formula is C16H24N2O4S. The minimum absolute atomic E-state index is 0.0175. The van der Waals surface area contributed by atoms with Gasteiger partial charge in [-0.25, -0.2) is 13.1 Å². The Morgan fingerprint density at radius 2 is 1.78 bits per heavy atom. The van der Waals surface area contributed by atoms with Crippen molar-refractivity contribution < 1.29 is 17.9 Å². The maximum Gasteiger partial charge on any atom is 0.260 e. The van der Waals surface area contributed by atoms with Gasteiger partial charge in [0.05, 0.1) is 4.90 Å². The lowest BCUT2D eigenvalue weighted by atomic mass is 10.1. The first kappa shape index (κ1) is 17.7.